The average molecular weight is 362 g/mol. The summed E-state index contributed by atoms with van der Waals surface area (Å²) in [6.07, 6.45) is 17.8. The van der Waals surface area contributed by atoms with Gasteiger partial charge < -0.3 is 9.90 Å². The van der Waals surface area contributed by atoms with E-state index in [4.69, 9.17) is 0 Å². The molecule has 0 radical (unpaired) electrons. The monoisotopic (exact) mass is 361 g/mol. The van der Waals surface area contributed by atoms with Crippen LogP contribution in [0.2, 0.25) is 0 Å². The molecular weight excluding hydrogens is 317 g/mol. The molecule has 0 aromatic rings. The van der Waals surface area contributed by atoms with Crippen molar-refractivity contribution in [3.63, 3.8) is 0 Å². The van der Waals surface area contributed by atoms with E-state index >= 15 is 0 Å². The number of hydrogen-bond donors (Lipinski definition) is 0. The van der Waals surface area contributed by atoms with E-state index in [1.54, 1.807) is 0 Å². The minimum atomic E-state index is -0.870. The zero-order valence-corrected chi connectivity index (χ0v) is 18.4. The summed E-state index contributed by atoms with van der Waals surface area (Å²) < 4.78 is 0. The molecule has 0 aliphatic carbocycles. The van der Waals surface area contributed by atoms with Crippen LogP contribution < -0.4 is 24.0 Å². The van der Waals surface area contributed by atoms with Crippen LogP contribution in [-0.4, -0.2) is 30.0 Å². The van der Waals surface area contributed by atoms with E-state index in [0.717, 1.165) is 45.2 Å². The van der Waals surface area contributed by atoms with Crippen LogP contribution in [0.15, 0.2) is 0 Å². The Balaban J connectivity index is 0. The van der Waals surface area contributed by atoms with E-state index in [1.165, 1.54) is 64.2 Å². The Kier molecular flexibility index (Phi) is 23.2. The van der Waals surface area contributed by atoms with Gasteiger partial charge >= 0.3 is 18.9 Å². The molecule has 0 heterocycles. The van der Waals surface area contributed by atoms with Crippen LogP contribution in [0.25, 0.3) is 0 Å². The Labute approximate surface area is 175 Å². The van der Waals surface area contributed by atoms with E-state index in [2.05, 4.69) is 25.7 Å². The van der Waals surface area contributed by atoms with E-state index in [9.17, 15) is 9.90 Å². The minimum Gasteiger partial charge on any atom is -0.548 e. The normalized spacial score (nSPS) is 12.2. The average Bonchev–Trinajstić information content (AvgIpc) is 2.60. The molecule has 1 unspecified atom stereocenters. The van der Waals surface area contributed by atoms with Crippen molar-refractivity contribution >= 4 is 5.97 Å². The van der Waals surface area contributed by atoms with E-state index < -0.39 is 5.97 Å². The van der Waals surface area contributed by atoms with Crippen molar-refractivity contribution in [1.82, 2.24) is 4.90 Å². The minimum absolute atomic E-state index is 0. The van der Waals surface area contributed by atoms with Gasteiger partial charge in [0.15, 0.2) is 0 Å². The maximum atomic E-state index is 11.6. The van der Waals surface area contributed by atoms with Gasteiger partial charge in [0.05, 0.1) is 5.97 Å². The summed E-state index contributed by atoms with van der Waals surface area (Å²) in [5.74, 6) is -0.870. The second-order valence-electron chi connectivity index (χ2n) is 7.55. The Morgan fingerprint density at radius 2 is 1.08 bits per heavy atom. The Bertz CT molecular complexity index is 284. The van der Waals surface area contributed by atoms with Crippen molar-refractivity contribution in [3.8, 4) is 0 Å². The maximum absolute atomic E-state index is 11.6. The van der Waals surface area contributed by atoms with Crippen LogP contribution >= 0.6 is 0 Å². The number of aliphatic carboxylic acids is 1. The van der Waals surface area contributed by atoms with Crippen LogP contribution in [0.4, 0.5) is 0 Å². The standard InChI is InChI=1S/C22H45NO2.Li/c1-4-7-10-12-14-16-19-23(20-17-15-13-11-8-5-2)21(22(24)25)18-9-6-3;/h21H,4-20H2,1-3H3,(H,24,25);/q;+1/p-1. The van der Waals surface area contributed by atoms with Crippen LogP contribution in [0, 0.1) is 0 Å². The number of nitrogens with zero attached hydrogens (tertiary/aromatic N) is 1. The molecule has 0 fully saturated rings. The van der Waals surface area contributed by atoms with Crippen LogP contribution in [0.5, 0.6) is 0 Å². The second-order valence-corrected chi connectivity index (χ2v) is 7.55. The number of unbranched alkanes of at least 4 members (excludes halogenated alkanes) is 11. The molecule has 0 aliphatic rings. The SMILES string of the molecule is CCCCCCCCN(CCCCCCCC)C(CCCC)C(=O)[O-].[Li+]. The van der Waals surface area contributed by atoms with E-state index in [-0.39, 0.29) is 24.9 Å². The molecule has 0 N–H and O–H groups in total. The Hall–Kier alpha value is 0.0274. The first-order chi connectivity index (χ1) is 12.2. The third-order valence-electron chi connectivity index (χ3n) is 5.14. The summed E-state index contributed by atoms with van der Waals surface area (Å²) in [6, 6.07) is -0.383. The van der Waals surface area contributed by atoms with Gasteiger partial charge in [-0.3, -0.25) is 4.90 Å². The quantitative estimate of drug-likeness (QED) is 0.262. The number of rotatable bonds is 19. The molecular formula is C22H44LiNO2. The van der Waals surface area contributed by atoms with Gasteiger partial charge in [0, 0.05) is 6.04 Å². The zero-order valence-electron chi connectivity index (χ0n) is 18.4. The summed E-state index contributed by atoms with van der Waals surface area (Å²) in [5.41, 5.74) is 0. The van der Waals surface area contributed by atoms with Gasteiger partial charge in [-0.25, -0.2) is 0 Å². The summed E-state index contributed by atoms with van der Waals surface area (Å²) in [4.78, 5) is 13.9. The predicted molar refractivity (Wildman–Crippen MR) is 107 cm³/mol. The van der Waals surface area contributed by atoms with Gasteiger partial charge in [-0.15, -0.1) is 0 Å². The van der Waals surface area contributed by atoms with Crippen molar-refractivity contribution in [2.75, 3.05) is 13.1 Å². The first kappa shape index (κ1) is 28.2. The summed E-state index contributed by atoms with van der Waals surface area (Å²) in [7, 11) is 0. The van der Waals surface area contributed by atoms with Crippen LogP contribution in [0.3, 0.4) is 0 Å². The predicted octanol–water partition coefficient (Wildman–Crippen LogP) is 2.32. The smallest absolute Gasteiger partial charge is 0.548 e. The van der Waals surface area contributed by atoms with Gasteiger partial charge in [-0.05, 0) is 32.4 Å². The van der Waals surface area contributed by atoms with Crippen molar-refractivity contribution in [2.45, 2.75) is 123 Å². The molecule has 4 heteroatoms. The van der Waals surface area contributed by atoms with Crippen LogP contribution in [0.1, 0.15) is 117 Å². The van der Waals surface area contributed by atoms with E-state index in [0.29, 0.717) is 0 Å². The third-order valence-corrected chi connectivity index (χ3v) is 5.14. The molecule has 26 heavy (non-hydrogen) atoms. The first-order valence-electron chi connectivity index (χ1n) is 11.1. The topological polar surface area (TPSA) is 43.4 Å². The molecule has 0 aromatic heterocycles. The molecule has 0 amide bonds. The van der Waals surface area contributed by atoms with E-state index in [1.807, 2.05) is 0 Å². The van der Waals surface area contributed by atoms with Gasteiger partial charge in [-0.1, -0.05) is 97.8 Å². The zero-order chi connectivity index (χ0) is 18.8. The largest absolute Gasteiger partial charge is 1.00 e. The first-order valence-corrected chi connectivity index (χ1v) is 11.1. The van der Waals surface area contributed by atoms with Gasteiger partial charge in [0.25, 0.3) is 0 Å². The molecule has 150 valence electrons. The van der Waals surface area contributed by atoms with Crippen LogP contribution in [-0.2, 0) is 4.79 Å². The number of carbonyl (C=O) groups is 1. The fraction of sp³-hybridized carbons (Fsp3) is 0.955. The number of carbonyl (C=O) groups excluding carboxylic acids is 1. The van der Waals surface area contributed by atoms with Crippen molar-refractivity contribution in [3.05, 3.63) is 0 Å². The molecule has 0 saturated heterocycles. The maximum Gasteiger partial charge on any atom is 1.00 e. The Morgan fingerprint density at radius 3 is 1.46 bits per heavy atom. The fourth-order valence-corrected chi connectivity index (χ4v) is 3.46. The van der Waals surface area contributed by atoms with Crippen molar-refractivity contribution in [2.24, 2.45) is 0 Å². The van der Waals surface area contributed by atoms with Gasteiger partial charge in [0.2, 0.25) is 0 Å². The molecule has 0 rings (SSSR count). The number of carboxylic acid groups (broad SMARTS) is 1. The molecule has 3 nitrogen and oxygen atoms in total. The molecule has 0 bridgehead atoms. The third kappa shape index (κ3) is 16.2. The molecule has 0 spiro atoms. The summed E-state index contributed by atoms with van der Waals surface area (Å²) >= 11 is 0. The number of hydrogen-bond acceptors (Lipinski definition) is 3. The van der Waals surface area contributed by atoms with Gasteiger partial charge in [-0.2, -0.15) is 0 Å². The van der Waals surface area contributed by atoms with Crippen molar-refractivity contribution < 1.29 is 28.8 Å². The van der Waals surface area contributed by atoms with Crippen molar-refractivity contribution in [1.29, 1.82) is 0 Å². The molecule has 0 saturated carbocycles. The number of carboxylic acids is 1. The fourth-order valence-electron chi connectivity index (χ4n) is 3.46. The Morgan fingerprint density at radius 1 is 0.692 bits per heavy atom. The molecule has 1 atom stereocenters. The second kappa shape index (κ2) is 21.3. The molecule has 0 aromatic carbocycles. The summed E-state index contributed by atoms with van der Waals surface area (Å²) in [5, 5.41) is 11.6. The molecule has 0 aliphatic heterocycles. The summed E-state index contributed by atoms with van der Waals surface area (Å²) in [6.45, 7) is 8.44. The van der Waals surface area contributed by atoms with Gasteiger partial charge in [0.1, 0.15) is 0 Å².